The lowest BCUT2D eigenvalue weighted by molar-refractivity contribution is 0.392. The van der Waals surface area contributed by atoms with Crippen LogP contribution in [-0.2, 0) is 0 Å². The van der Waals surface area contributed by atoms with Gasteiger partial charge in [-0.3, -0.25) is 0 Å². The molecule has 0 radical (unpaired) electrons. The molecular formula is C13H18N4S. The molecule has 4 nitrogen and oxygen atoms in total. The third-order valence-electron chi connectivity index (χ3n) is 4.10. The van der Waals surface area contributed by atoms with Crippen LogP contribution in [0.25, 0.3) is 0 Å². The van der Waals surface area contributed by atoms with E-state index in [1.807, 2.05) is 6.07 Å². The number of pyridine rings is 1. The Kier molecular flexibility index (Phi) is 3.07. The Morgan fingerprint density at radius 1 is 1.33 bits per heavy atom. The van der Waals surface area contributed by atoms with Gasteiger partial charge in [0.1, 0.15) is 5.82 Å². The van der Waals surface area contributed by atoms with Crippen LogP contribution in [0.3, 0.4) is 0 Å². The third kappa shape index (κ3) is 2.41. The summed E-state index contributed by atoms with van der Waals surface area (Å²) >= 11 is 5.34. The summed E-state index contributed by atoms with van der Waals surface area (Å²) in [6, 6.07) is 4.21. The summed E-state index contributed by atoms with van der Waals surface area (Å²) in [5.74, 6) is 2.26. The molecule has 5 heteroatoms. The van der Waals surface area contributed by atoms with Gasteiger partial charge in [0.25, 0.3) is 0 Å². The number of nitrogens with one attached hydrogen (secondary N) is 2. The highest BCUT2D eigenvalue weighted by molar-refractivity contribution is 7.80. The van der Waals surface area contributed by atoms with Crippen LogP contribution in [0.2, 0.25) is 0 Å². The molecule has 18 heavy (non-hydrogen) atoms. The molecule has 2 aliphatic rings. The molecule has 2 fully saturated rings. The van der Waals surface area contributed by atoms with E-state index in [2.05, 4.69) is 15.6 Å². The molecule has 1 aromatic rings. The van der Waals surface area contributed by atoms with Crippen molar-refractivity contribution in [3.05, 3.63) is 18.3 Å². The number of thiocarbonyl (C=S) groups is 1. The first-order chi connectivity index (χ1) is 8.70. The minimum atomic E-state index is 0.521. The van der Waals surface area contributed by atoms with Gasteiger partial charge >= 0.3 is 0 Å². The lowest BCUT2D eigenvalue weighted by Crippen LogP contribution is -2.40. The Morgan fingerprint density at radius 3 is 2.83 bits per heavy atom. The molecule has 0 aliphatic heterocycles. The number of nitrogens with zero attached hydrogens (tertiary/aromatic N) is 1. The molecule has 1 heterocycles. The molecule has 0 amide bonds. The Hall–Kier alpha value is -1.36. The summed E-state index contributed by atoms with van der Waals surface area (Å²) in [7, 11) is 0. The second kappa shape index (κ2) is 4.72. The van der Waals surface area contributed by atoms with E-state index in [1.165, 1.54) is 25.7 Å². The zero-order valence-corrected chi connectivity index (χ0v) is 11.0. The molecule has 2 bridgehead atoms. The predicted molar refractivity (Wildman–Crippen MR) is 77.2 cm³/mol. The standard InChI is InChI=1S/C13H18N4S/c14-12-4-3-10(7-15-12)16-13(18)17-11-6-8-1-2-9(11)5-8/h3-4,7-9,11H,1-2,5-6H2,(H2,14,15)(H2,16,17,18)/t8-,9+,11+/m0/s1. The average Bonchev–Trinajstić information content (AvgIpc) is 2.94. The first-order valence-electron chi connectivity index (χ1n) is 6.50. The normalized spacial score (nSPS) is 29.2. The van der Waals surface area contributed by atoms with Crippen LogP contribution in [0.4, 0.5) is 11.5 Å². The lowest BCUT2D eigenvalue weighted by atomic mass is 9.96. The Balaban J connectivity index is 1.54. The molecule has 2 saturated carbocycles. The minimum absolute atomic E-state index is 0.521. The van der Waals surface area contributed by atoms with Gasteiger partial charge in [0.15, 0.2) is 5.11 Å². The van der Waals surface area contributed by atoms with Crippen molar-refractivity contribution in [2.75, 3.05) is 11.1 Å². The van der Waals surface area contributed by atoms with Crippen molar-refractivity contribution in [1.82, 2.24) is 10.3 Å². The molecule has 0 aromatic carbocycles. The molecule has 96 valence electrons. The van der Waals surface area contributed by atoms with E-state index in [9.17, 15) is 0 Å². The summed E-state index contributed by atoms with van der Waals surface area (Å²) < 4.78 is 0. The maximum Gasteiger partial charge on any atom is 0.171 e. The van der Waals surface area contributed by atoms with Gasteiger partial charge in [0.05, 0.1) is 11.9 Å². The number of nitrogen functional groups attached to an aromatic ring is 1. The summed E-state index contributed by atoms with van der Waals surface area (Å²) in [4.78, 5) is 4.03. The number of fused-ring (bicyclic) bond motifs is 2. The Morgan fingerprint density at radius 2 is 2.22 bits per heavy atom. The molecule has 0 saturated heterocycles. The first kappa shape index (κ1) is 11.7. The zero-order chi connectivity index (χ0) is 12.5. The van der Waals surface area contributed by atoms with Crippen LogP contribution in [-0.4, -0.2) is 16.1 Å². The summed E-state index contributed by atoms with van der Waals surface area (Å²) in [5.41, 5.74) is 6.42. The fourth-order valence-electron chi connectivity index (χ4n) is 3.24. The van der Waals surface area contributed by atoms with Gasteiger partial charge in [0.2, 0.25) is 0 Å². The number of aromatic nitrogens is 1. The van der Waals surface area contributed by atoms with Crippen molar-refractivity contribution < 1.29 is 0 Å². The summed E-state index contributed by atoms with van der Waals surface area (Å²) in [5, 5.41) is 7.29. The summed E-state index contributed by atoms with van der Waals surface area (Å²) in [6.45, 7) is 0. The second-order valence-electron chi connectivity index (χ2n) is 5.35. The van der Waals surface area contributed by atoms with E-state index in [4.69, 9.17) is 18.0 Å². The highest BCUT2D eigenvalue weighted by atomic mass is 32.1. The number of nitrogens with two attached hydrogens (primary N) is 1. The van der Waals surface area contributed by atoms with Gasteiger partial charge in [-0.05, 0) is 55.4 Å². The molecule has 3 atom stereocenters. The number of hydrogen-bond donors (Lipinski definition) is 3. The fourth-order valence-corrected chi connectivity index (χ4v) is 3.51. The van der Waals surface area contributed by atoms with Gasteiger partial charge < -0.3 is 16.4 Å². The van der Waals surface area contributed by atoms with Crippen molar-refractivity contribution >= 4 is 28.8 Å². The smallest absolute Gasteiger partial charge is 0.171 e. The van der Waals surface area contributed by atoms with Crippen LogP contribution >= 0.6 is 12.2 Å². The minimum Gasteiger partial charge on any atom is -0.384 e. The van der Waals surface area contributed by atoms with Crippen LogP contribution in [0, 0.1) is 11.8 Å². The maximum atomic E-state index is 5.54. The Labute approximate surface area is 112 Å². The van der Waals surface area contributed by atoms with Gasteiger partial charge in [-0.25, -0.2) is 4.98 Å². The van der Waals surface area contributed by atoms with E-state index < -0.39 is 0 Å². The van der Waals surface area contributed by atoms with Gasteiger partial charge in [-0.1, -0.05) is 6.42 Å². The zero-order valence-electron chi connectivity index (χ0n) is 10.2. The third-order valence-corrected chi connectivity index (χ3v) is 4.32. The maximum absolute atomic E-state index is 5.54. The average molecular weight is 262 g/mol. The fraction of sp³-hybridized carbons (Fsp3) is 0.538. The number of anilines is 2. The van der Waals surface area contributed by atoms with Gasteiger partial charge in [0, 0.05) is 6.04 Å². The van der Waals surface area contributed by atoms with Crippen LogP contribution in [0.15, 0.2) is 18.3 Å². The molecule has 0 unspecified atom stereocenters. The largest absolute Gasteiger partial charge is 0.384 e. The van der Waals surface area contributed by atoms with Crippen molar-refractivity contribution in [2.45, 2.75) is 31.7 Å². The molecule has 2 aliphatic carbocycles. The van der Waals surface area contributed by atoms with E-state index in [-0.39, 0.29) is 0 Å². The number of hydrogen-bond acceptors (Lipinski definition) is 3. The first-order valence-corrected chi connectivity index (χ1v) is 6.90. The summed E-state index contributed by atoms with van der Waals surface area (Å²) in [6.07, 6.45) is 7.11. The second-order valence-corrected chi connectivity index (χ2v) is 5.76. The highest BCUT2D eigenvalue weighted by Gasteiger charge is 2.39. The molecule has 4 N–H and O–H groups in total. The van der Waals surface area contributed by atoms with E-state index in [1.54, 1.807) is 12.3 Å². The molecule has 0 spiro atoms. The van der Waals surface area contributed by atoms with E-state index in [0.717, 1.165) is 17.5 Å². The van der Waals surface area contributed by atoms with Crippen LogP contribution < -0.4 is 16.4 Å². The van der Waals surface area contributed by atoms with Gasteiger partial charge in [-0.2, -0.15) is 0 Å². The monoisotopic (exact) mass is 262 g/mol. The molecule has 3 rings (SSSR count). The van der Waals surface area contributed by atoms with Crippen molar-refractivity contribution in [2.24, 2.45) is 11.8 Å². The van der Waals surface area contributed by atoms with Gasteiger partial charge in [-0.15, -0.1) is 0 Å². The van der Waals surface area contributed by atoms with E-state index in [0.29, 0.717) is 17.0 Å². The Bertz CT molecular complexity index is 445. The van der Waals surface area contributed by atoms with Crippen LogP contribution in [0.5, 0.6) is 0 Å². The van der Waals surface area contributed by atoms with Crippen molar-refractivity contribution in [3.63, 3.8) is 0 Å². The quantitative estimate of drug-likeness (QED) is 0.713. The van der Waals surface area contributed by atoms with Crippen molar-refractivity contribution in [1.29, 1.82) is 0 Å². The topological polar surface area (TPSA) is 63.0 Å². The predicted octanol–water partition coefficient (Wildman–Crippen LogP) is 2.14. The molecular weight excluding hydrogens is 244 g/mol. The highest BCUT2D eigenvalue weighted by Crippen LogP contribution is 2.44. The molecule has 1 aromatic heterocycles. The number of rotatable bonds is 2. The van der Waals surface area contributed by atoms with E-state index >= 15 is 0 Å². The van der Waals surface area contributed by atoms with Crippen LogP contribution in [0.1, 0.15) is 25.7 Å². The van der Waals surface area contributed by atoms with Crippen molar-refractivity contribution in [3.8, 4) is 0 Å². The SMILES string of the molecule is Nc1ccc(NC(=S)N[C@@H]2C[C@H]3CC[C@@H]2C3)cn1. The lowest BCUT2D eigenvalue weighted by Gasteiger charge is -2.24.